The molecule has 3 heterocycles. The van der Waals surface area contributed by atoms with Crippen molar-refractivity contribution in [2.75, 3.05) is 19.7 Å². The van der Waals surface area contributed by atoms with Crippen LogP contribution in [-0.2, 0) is 20.7 Å². The van der Waals surface area contributed by atoms with Crippen LogP contribution in [0.25, 0.3) is 5.78 Å². The molecule has 0 aliphatic carbocycles. The number of likely N-dealkylation sites (tertiary alicyclic amines) is 1. The number of hydrogen-bond acceptors (Lipinski definition) is 6. The Balaban J connectivity index is 1.60. The van der Waals surface area contributed by atoms with Crippen LogP contribution in [0, 0.1) is 25.7 Å². The number of aryl methyl sites for hydroxylation is 2. The fourth-order valence-electron chi connectivity index (χ4n) is 3.71. The molecule has 3 rings (SSSR count). The number of ether oxygens (including phenoxy) is 1. The van der Waals surface area contributed by atoms with Gasteiger partial charge >= 0.3 is 5.97 Å². The second kappa shape index (κ2) is 7.39. The Morgan fingerprint density at radius 3 is 2.62 bits per heavy atom. The first kappa shape index (κ1) is 18.3. The number of piperidine rings is 1. The molecule has 8 nitrogen and oxygen atoms in total. The van der Waals surface area contributed by atoms with Crippen molar-refractivity contribution < 1.29 is 14.3 Å². The van der Waals surface area contributed by atoms with Crippen molar-refractivity contribution in [2.45, 2.75) is 40.5 Å². The predicted molar refractivity (Wildman–Crippen MR) is 94.4 cm³/mol. The first-order valence-corrected chi connectivity index (χ1v) is 8.94. The van der Waals surface area contributed by atoms with Crippen molar-refractivity contribution in [3.63, 3.8) is 0 Å². The van der Waals surface area contributed by atoms with Crippen molar-refractivity contribution in [2.24, 2.45) is 11.8 Å². The summed E-state index contributed by atoms with van der Waals surface area (Å²) >= 11 is 0. The molecular weight excluding hydrogens is 334 g/mol. The molecular formula is C18H25N5O3. The van der Waals surface area contributed by atoms with Gasteiger partial charge in [0.2, 0.25) is 0 Å². The molecule has 1 fully saturated rings. The van der Waals surface area contributed by atoms with Crippen LogP contribution in [0.2, 0.25) is 0 Å². The summed E-state index contributed by atoms with van der Waals surface area (Å²) in [7, 11) is 0. The summed E-state index contributed by atoms with van der Waals surface area (Å²) in [6.45, 7) is 9.21. The van der Waals surface area contributed by atoms with Gasteiger partial charge < -0.3 is 9.64 Å². The molecule has 0 spiro atoms. The smallest absolute Gasteiger partial charge is 0.310 e. The highest BCUT2D eigenvalue weighted by molar-refractivity contribution is 5.81. The fourth-order valence-corrected chi connectivity index (χ4v) is 3.71. The fraction of sp³-hybridized carbons (Fsp3) is 0.611. The van der Waals surface area contributed by atoms with E-state index in [0.717, 1.165) is 30.8 Å². The third kappa shape index (κ3) is 3.84. The molecule has 2 aromatic rings. The topological polar surface area (TPSA) is 89.7 Å². The zero-order chi connectivity index (χ0) is 18.8. The summed E-state index contributed by atoms with van der Waals surface area (Å²) < 4.78 is 6.83. The number of hydrogen-bond donors (Lipinski definition) is 0. The van der Waals surface area contributed by atoms with Crippen LogP contribution in [-0.4, -0.2) is 56.1 Å². The van der Waals surface area contributed by atoms with Crippen LogP contribution in [0.1, 0.15) is 37.2 Å². The normalized spacial score (nSPS) is 20.4. The van der Waals surface area contributed by atoms with Crippen molar-refractivity contribution >= 4 is 17.7 Å². The molecule has 2 atom stereocenters. The third-order valence-electron chi connectivity index (χ3n) is 4.89. The van der Waals surface area contributed by atoms with Crippen LogP contribution in [0.3, 0.4) is 0 Å². The number of nitrogens with zero attached hydrogens (tertiary/aromatic N) is 5. The van der Waals surface area contributed by atoms with E-state index in [0.29, 0.717) is 23.3 Å². The van der Waals surface area contributed by atoms with E-state index in [9.17, 15) is 9.59 Å². The number of amides is 1. The van der Waals surface area contributed by atoms with Gasteiger partial charge in [-0.1, -0.05) is 13.8 Å². The number of carbonyl (C=O) groups is 2. The van der Waals surface area contributed by atoms with Gasteiger partial charge in [-0.3, -0.25) is 9.59 Å². The van der Waals surface area contributed by atoms with E-state index in [1.807, 2.05) is 13.8 Å². The molecule has 0 aromatic carbocycles. The van der Waals surface area contributed by atoms with Crippen molar-refractivity contribution in [1.82, 2.24) is 24.5 Å². The molecule has 1 aliphatic rings. The van der Waals surface area contributed by atoms with Gasteiger partial charge in [0.1, 0.15) is 6.33 Å². The first-order chi connectivity index (χ1) is 12.3. The Morgan fingerprint density at radius 1 is 1.23 bits per heavy atom. The minimum atomic E-state index is -0.441. The minimum absolute atomic E-state index is 0.0561. The number of carbonyl (C=O) groups excluding carboxylic acids is 2. The Hall–Kier alpha value is -2.51. The van der Waals surface area contributed by atoms with Crippen molar-refractivity contribution in [3.05, 3.63) is 23.3 Å². The molecule has 26 heavy (non-hydrogen) atoms. The van der Waals surface area contributed by atoms with E-state index >= 15 is 0 Å². The predicted octanol–water partition coefficient (Wildman–Crippen LogP) is 1.33. The molecule has 0 unspecified atom stereocenters. The second-order valence-corrected chi connectivity index (χ2v) is 7.32. The van der Waals surface area contributed by atoms with Gasteiger partial charge in [0, 0.05) is 30.0 Å². The second-order valence-electron chi connectivity index (χ2n) is 7.32. The lowest BCUT2D eigenvalue weighted by Gasteiger charge is -2.34. The van der Waals surface area contributed by atoms with E-state index in [1.54, 1.807) is 9.42 Å². The Morgan fingerprint density at radius 2 is 1.92 bits per heavy atom. The summed E-state index contributed by atoms with van der Waals surface area (Å²) in [6.07, 6.45) is 2.61. The van der Waals surface area contributed by atoms with Crippen LogP contribution >= 0.6 is 0 Å². The maximum Gasteiger partial charge on any atom is 0.310 e. The molecule has 2 aromatic heterocycles. The van der Waals surface area contributed by atoms with E-state index in [2.05, 4.69) is 28.9 Å². The minimum Gasteiger partial charge on any atom is -0.455 e. The molecule has 140 valence electrons. The van der Waals surface area contributed by atoms with Gasteiger partial charge in [0.25, 0.3) is 11.7 Å². The highest BCUT2D eigenvalue weighted by atomic mass is 16.5. The van der Waals surface area contributed by atoms with Crippen molar-refractivity contribution in [1.29, 1.82) is 0 Å². The van der Waals surface area contributed by atoms with E-state index < -0.39 is 5.97 Å². The van der Waals surface area contributed by atoms with Gasteiger partial charge in [0.15, 0.2) is 6.61 Å². The molecule has 1 aliphatic heterocycles. The Kier molecular flexibility index (Phi) is 5.20. The van der Waals surface area contributed by atoms with Gasteiger partial charge in [-0.05, 0) is 32.1 Å². The van der Waals surface area contributed by atoms with E-state index in [4.69, 9.17) is 4.74 Å². The summed E-state index contributed by atoms with van der Waals surface area (Å²) in [4.78, 5) is 34.8. The Bertz CT molecular complexity index is 822. The SMILES string of the molecule is Cc1nc2ncnn2c(C)c1CC(=O)OCC(=O)N1C[C@@H](C)C[C@H](C)C1. The molecule has 1 amide bonds. The monoisotopic (exact) mass is 359 g/mol. The van der Waals surface area contributed by atoms with Crippen LogP contribution in [0.15, 0.2) is 6.33 Å². The molecule has 0 N–H and O–H groups in total. The summed E-state index contributed by atoms with van der Waals surface area (Å²) in [5.41, 5.74) is 2.26. The quantitative estimate of drug-likeness (QED) is 0.765. The summed E-state index contributed by atoms with van der Waals surface area (Å²) in [5.74, 6) is 0.882. The molecule has 0 saturated carbocycles. The van der Waals surface area contributed by atoms with Gasteiger partial charge in [0.05, 0.1) is 6.42 Å². The average Bonchev–Trinajstić information content (AvgIpc) is 3.04. The highest BCUT2D eigenvalue weighted by Gasteiger charge is 2.26. The summed E-state index contributed by atoms with van der Waals surface area (Å²) in [6, 6.07) is 0. The third-order valence-corrected chi connectivity index (χ3v) is 4.89. The molecule has 0 radical (unpaired) electrons. The van der Waals surface area contributed by atoms with Crippen LogP contribution < -0.4 is 0 Å². The average molecular weight is 359 g/mol. The Labute approximate surface area is 152 Å². The maximum atomic E-state index is 12.3. The lowest BCUT2D eigenvalue weighted by atomic mass is 9.92. The zero-order valence-electron chi connectivity index (χ0n) is 15.7. The molecule has 8 heteroatoms. The van der Waals surface area contributed by atoms with Gasteiger partial charge in [-0.2, -0.15) is 10.1 Å². The summed E-state index contributed by atoms with van der Waals surface area (Å²) in [5, 5.41) is 4.11. The number of rotatable bonds is 4. The maximum absolute atomic E-state index is 12.3. The van der Waals surface area contributed by atoms with Crippen LogP contribution in [0.4, 0.5) is 0 Å². The van der Waals surface area contributed by atoms with Crippen LogP contribution in [0.5, 0.6) is 0 Å². The molecule has 0 bridgehead atoms. The number of fused-ring (bicyclic) bond motifs is 1. The van der Waals surface area contributed by atoms with E-state index in [1.165, 1.54) is 6.33 Å². The van der Waals surface area contributed by atoms with Crippen molar-refractivity contribution in [3.8, 4) is 0 Å². The lowest BCUT2D eigenvalue weighted by Crippen LogP contribution is -2.44. The van der Waals surface area contributed by atoms with Gasteiger partial charge in [-0.15, -0.1) is 0 Å². The standard InChI is InChI=1S/C18H25N5O3/c1-11-5-12(2)8-22(7-11)16(24)9-26-17(25)6-15-13(3)21-18-19-10-20-23(18)14(15)4/h10-12H,5-9H2,1-4H3/t11-,12-/m0/s1. The first-order valence-electron chi connectivity index (χ1n) is 8.94. The van der Waals surface area contributed by atoms with E-state index in [-0.39, 0.29) is 18.9 Å². The largest absolute Gasteiger partial charge is 0.455 e. The highest BCUT2D eigenvalue weighted by Crippen LogP contribution is 2.21. The number of esters is 1. The lowest BCUT2D eigenvalue weighted by molar-refractivity contribution is -0.152. The number of aromatic nitrogens is 4. The molecule has 1 saturated heterocycles. The van der Waals surface area contributed by atoms with Gasteiger partial charge in [-0.25, -0.2) is 9.50 Å². The zero-order valence-corrected chi connectivity index (χ0v) is 15.7.